The Balaban J connectivity index is 1.96. The van der Waals surface area contributed by atoms with Gasteiger partial charge in [0.05, 0.1) is 17.9 Å². The molecule has 21 heavy (non-hydrogen) atoms. The summed E-state index contributed by atoms with van der Waals surface area (Å²) in [5.74, 6) is -0.105. The molecule has 3 N–H and O–H groups in total. The van der Waals surface area contributed by atoms with Gasteiger partial charge in [-0.2, -0.15) is 0 Å². The summed E-state index contributed by atoms with van der Waals surface area (Å²) in [6.45, 7) is 5.96. The molecule has 1 heterocycles. The summed E-state index contributed by atoms with van der Waals surface area (Å²) in [6, 6.07) is 7.77. The molecule has 6 nitrogen and oxygen atoms in total. The highest BCUT2D eigenvalue weighted by atomic mass is 16.2. The topological polar surface area (TPSA) is 85.8 Å². The predicted octanol–water partition coefficient (Wildman–Crippen LogP) is 1.48. The summed E-state index contributed by atoms with van der Waals surface area (Å²) in [4.78, 5) is 12.1. The molecule has 1 aromatic carbocycles. The van der Waals surface area contributed by atoms with Gasteiger partial charge in [-0.25, -0.2) is 4.68 Å². The number of nitrogens with one attached hydrogen (secondary N) is 1. The highest BCUT2D eigenvalue weighted by Gasteiger charge is 2.13. The number of rotatable bonds is 5. The van der Waals surface area contributed by atoms with Gasteiger partial charge in [0.15, 0.2) is 0 Å². The van der Waals surface area contributed by atoms with Crippen LogP contribution in [0.15, 0.2) is 30.5 Å². The normalized spacial score (nSPS) is 13.7. The molecule has 2 atom stereocenters. The van der Waals surface area contributed by atoms with E-state index in [1.807, 2.05) is 45.0 Å². The fraction of sp³-hybridized carbons (Fsp3) is 0.400. The van der Waals surface area contributed by atoms with Crippen LogP contribution < -0.4 is 11.1 Å². The van der Waals surface area contributed by atoms with Crippen LogP contribution in [-0.4, -0.2) is 20.9 Å². The highest BCUT2D eigenvalue weighted by Crippen LogP contribution is 2.16. The first kappa shape index (κ1) is 15.2. The van der Waals surface area contributed by atoms with Crippen molar-refractivity contribution in [3.8, 4) is 0 Å². The van der Waals surface area contributed by atoms with E-state index in [2.05, 4.69) is 15.6 Å². The van der Waals surface area contributed by atoms with Gasteiger partial charge in [0.1, 0.15) is 6.54 Å². The lowest BCUT2D eigenvalue weighted by Gasteiger charge is -2.16. The average Bonchev–Trinajstić information content (AvgIpc) is 2.87. The Hall–Kier alpha value is -2.21. The van der Waals surface area contributed by atoms with E-state index in [0.29, 0.717) is 5.69 Å². The minimum atomic E-state index is -0.187. The second kappa shape index (κ2) is 6.49. The third-order valence-electron chi connectivity index (χ3n) is 3.36. The van der Waals surface area contributed by atoms with Gasteiger partial charge >= 0.3 is 0 Å². The number of aryl methyl sites for hydroxylation is 1. The van der Waals surface area contributed by atoms with Crippen molar-refractivity contribution in [2.24, 2.45) is 5.73 Å². The van der Waals surface area contributed by atoms with E-state index in [0.717, 1.165) is 11.1 Å². The third-order valence-corrected chi connectivity index (χ3v) is 3.36. The minimum absolute atomic E-state index is 0.0462. The molecule has 0 aliphatic heterocycles. The molecule has 1 aromatic heterocycles. The maximum absolute atomic E-state index is 12.1. The average molecular weight is 287 g/mol. The molecule has 0 radical (unpaired) electrons. The summed E-state index contributed by atoms with van der Waals surface area (Å²) >= 11 is 0. The second-order valence-corrected chi connectivity index (χ2v) is 5.28. The molecule has 2 aromatic rings. The molecular weight excluding hydrogens is 266 g/mol. The maximum Gasteiger partial charge on any atom is 0.242 e. The fourth-order valence-electron chi connectivity index (χ4n) is 2.18. The molecule has 1 amide bonds. The molecular formula is C15H21N5O. The van der Waals surface area contributed by atoms with Crippen molar-refractivity contribution in [1.29, 1.82) is 0 Å². The Kier molecular flexibility index (Phi) is 4.70. The van der Waals surface area contributed by atoms with E-state index in [4.69, 9.17) is 5.73 Å². The molecule has 0 aliphatic carbocycles. The zero-order valence-corrected chi connectivity index (χ0v) is 12.6. The lowest BCUT2D eigenvalue weighted by molar-refractivity contribution is -0.122. The number of aromatic nitrogens is 3. The van der Waals surface area contributed by atoms with Crippen molar-refractivity contribution in [2.45, 2.75) is 39.4 Å². The molecule has 0 aliphatic rings. The first-order chi connectivity index (χ1) is 9.97. The summed E-state index contributed by atoms with van der Waals surface area (Å²) < 4.78 is 1.50. The number of hydrogen-bond donors (Lipinski definition) is 2. The summed E-state index contributed by atoms with van der Waals surface area (Å²) in [5, 5.41) is 10.8. The van der Waals surface area contributed by atoms with Crippen molar-refractivity contribution in [3.05, 3.63) is 47.3 Å². The standard InChI is InChI=1S/C15H21N5O/c1-10-6-4-5-7-13(10)12(3)17-15(21)9-20-8-14(11(2)16)18-19-20/h4-8,11-12H,9,16H2,1-3H3,(H,17,21). The SMILES string of the molecule is Cc1ccccc1C(C)NC(=O)Cn1cc(C(C)N)nn1. The monoisotopic (exact) mass is 287 g/mol. The molecule has 0 spiro atoms. The molecule has 112 valence electrons. The van der Waals surface area contributed by atoms with Crippen LogP contribution in [0.3, 0.4) is 0 Å². The number of hydrogen-bond acceptors (Lipinski definition) is 4. The van der Waals surface area contributed by atoms with Crippen LogP contribution in [0, 0.1) is 6.92 Å². The zero-order chi connectivity index (χ0) is 15.4. The van der Waals surface area contributed by atoms with Gasteiger partial charge in [-0.1, -0.05) is 29.5 Å². The molecule has 0 saturated carbocycles. The molecule has 0 bridgehead atoms. The lowest BCUT2D eigenvalue weighted by Crippen LogP contribution is -2.30. The first-order valence-corrected chi connectivity index (χ1v) is 6.98. The molecule has 2 unspecified atom stereocenters. The van der Waals surface area contributed by atoms with Gasteiger partial charge in [-0.3, -0.25) is 4.79 Å². The van der Waals surface area contributed by atoms with Gasteiger partial charge in [0.25, 0.3) is 0 Å². The number of carbonyl (C=O) groups is 1. The van der Waals surface area contributed by atoms with E-state index >= 15 is 0 Å². The van der Waals surface area contributed by atoms with Gasteiger partial charge in [0, 0.05) is 6.04 Å². The number of amides is 1. The van der Waals surface area contributed by atoms with Gasteiger partial charge < -0.3 is 11.1 Å². The van der Waals surface area contributed by atoms with Crippen LogP contribution in [0.25, 0.3) is 0 Å². The molecule has 6 heteroatoms. The maximum atomic E-state index is 12.1. The smallest absolute Gasteiger partial charge is 0.242 e. The number of nitrogens with zero attached hydrogens (tertiary/aromatic N) is 3. The van der Waals surface area contributed by atoms with Crippen molar-refractivity contribution in [3.63, 3.8) is 0 Å². The summed E-state index contributed by atoms with van der Waals surface area (Å²) in [6.07, 6.45) is 1.70. The molecule has 2 rings (SSSR count). The first-order valence-electron chi connectivity index (χ1n) is 6.98. The minimum Gasteiger partial charge on any atom is -0.348 e. The Bertz CT molecular complexity index is 620. The quantitative estimate of drug-likeness (QED) is 0.872. The van der Waals surface area contributed by atoms with Crippen molar-refractivity contribution in [2.75, 3.05) is 0 Å². The van der Waals surface area contributed by atoms with Crippen LogP contribution in [0.4, 0.5) is 0 Å². The summed E-state index contributed by atoms with van der Waals surface area (Å²) in [5.41, 5.74) is 8.66. The van der Waals surface area contributed by atoms with E-state index in [9.17, 15) is 4.79 Å². The Morgan fingerprint density at radius 1 is 1.38 bits per heavy atom. The zero-order valence-electron chi connectivity index (χ0n) is 12.6. The Morgan fingerprint density at radius 2 is 2.10 bits per heavy atom. The van der Waals surface area contributed by atoms with Crippen LogP contribution in [0.5, 0.6) is 0 Å². The van der Waals surface area contributed by atoms with Gasteiger partial charge in [0.2, 0.25) is 5.91 Å². The van der Waals surface area contributed by atoms with Gasteiger partial charge in [-0.15, -0.1) is 5.10 Å². The summed E-state index contributed by atoms with van der Waals surface area (Å²) in [7, 11) is 0. The van der Waals surface area contributed by atoms with Crippen LogP contribution in [-0.2, 0) is 11.3 Å². The van der Waals surface area contributed by atoms with Crippen LogP contribution in [0.1, 0.15) is 42.8 Å². The number of benzene rings is 1. The third kappa shape index (κ3) is 3.88. The lowest BCUT2D eigenvalue weighted by atomic mass is 10.0. The van der Waals surface area contributed by atoms with Crippen molar-refractivity contribution in [1.82, 2.24) is 20.3 Å². The molecule has 0 fully saturated rings. The predicted molar refractivity (Wildman–Crippen MR) is 80.4 cm³/mol. The Morgan fingerprint density at radius 3 is 2.71 bits per heavy atom. The molecule has 0 saturated heterocycles. The fourth-order valence-corrected chi connectivity index (χ4v) is 2.18. The van der Waals surface area contributed by atoms with E-state index in [1.54, 1.807) is 6.20 Å². The van der Waals surface area contributed by atoms with E-state index in [1.165, 1.54) is 4.68 Å². The van der Waals surface area contributed by atoms with Crippen molar-refractivity contribution < 1.29 is 4.79 Å². The second-order valence-electron chi connectivity index (χ2n) is 5.28. The van der Waals surface area contributed by atoms with Crippen LogP contribution in [0.2, 0.25) is 0 Å². The number of carbonyl (C=O) groups excluding carboxylic acids is 1. The van der Waals surface area contributed by atoms with Gasteiger partial charge in [-0.05, 0) is 31.9 Å². The largest absolute Gasteiger partial charge is 0.348 e. The van der Waals surface area contributed by atoms with Crippen LogP contribution >= 0.6 is 0 Å². The van der Waals surface area contributed by atoms with E-state index < -0.39 is 0 Å². The Labute approximate surface area is 124 Å². The highest BCUT2D eigenvalue weighted by molar-refractivity contribution is 5.76. The van der Waals surface area contributed by atoms with Crippen molar-refractivity contribution >= 4 is 5.91 Å². The number of nitrogens with two attached hydrogens (primary N) is 1. The van der Waals surface area contributed by atoms with E-state index in [-0.39, 0.29) is 24.5 Å².